The second-order valence-corrected chi connectivity index (χ2v) is 12.5. The minimum atomic E-state index is -4.84. The van der Waals surface area contributed by atoms with E-state index < -0.39 is 23.6 Å². The first kappa shape index (κ1) is 25.0. The number of aliphatic hydroxyl groups excluding tert-OH is 1. The van der Waals surface area contributed by atoms with E-state index in [1.807, 2.05) is 12.2 Å². The van der Waals surface area contributed by atoms with Gasteiger partial charge >= 0.3 is 12.1 Å². The maximum atomic E-state index is 12.7. The second-order valence-electron chi connectivity index (χ2n) is 11.1. The van der Waals surface area contributed by atoms with Gasteiger partial charge in [-0.15, -0.1) is 0 Å². The van der Waals surface area contributed by atoms with Crippen LogP contribution in [0.25, 0.3) is 0 Å². The summed E-state index contributed by atoms with van der Waals surface area (Å²) in [6, 6.07) is 0. The van der Waals surface area contributed by atoms with Crippen molar-refractivity contribution in [1.82, 2.24) is 5.32 Å². The zero-order valence-corrected chi connectivity index (χ0v) is 20.2. The average molecular weight is 489 g/mol. The molecule has 4 fully saturated rings. The van der Waals surface area contributed by atoms with Crippen LogP contribution in [-0.4, -0.2) is 52.3 Å². The standard InChI is InChI=1S/C24H35F3N2O3S/c1-22-6-4-13(33-9-3-8-29-21(32)24(25,26)27)10-16(22)18(30)11-14-15(22)5-7-23(2)19(31)12-17(28)20(14)23/h13-16,18,20,28,30H,3-12H2,1-2H3,(H,29,32)/t13?,14-,15+,16-,18?,20-,22-,23-/m1/s1. The summed E-state index contributed by atoms with van der Waals surface area (Å²) in [5.41, 5.74) is 0.122. The van der Waals surface area contributed by atoms with Crippen molar-refractivity contribution >= 4 is 29.2 Å². The van der Waals surface area contributed by atoms with Gasteiger partial charge < -0.3 is 15.8 Å². The number of carbonyl (C=O) groups excluding carboxylic acids is 2. The Hall–Kier alpha value is -1.09. The molecule has 0 spiro atoms. The van der Waals surface area contributed by atoms with Gasteiger partial charge in [0, 0.05) is 35.3 Å². The molecule has 9 heteroatoms. The molecule has 4 aliphatic carbocycles. The molecule has 0 aromatic rings. The van der Waals surface area contributed by atoms with Gasteiger partial charge in [0.15, 0.2) is 0 Å². The number of nitrogens with one attached hydrogen (secondary N) is 2. The lowest BCUT2D eigenvalue weighted by atomic mass is 9.44. The Morgan fingerprint density at radius 2 is 1.94 bits per heavy atom. The van der Waals surface area contributed by atoms with E-state index in [0.29, 0.717) is 35.5 Å². The average Bonchev–Trinajstić information content (AvgIpc) is 2.96. The normalized spacial score (nSPS) is 43.0. The van der Waals surface area contributed by atoms with Crippen molar-refractivity contribution in [2.24, 2.45) is 34.5 Å². The Labute approximate surface area is 197 Å². The fraction of sp³-hybridized carbons (Fsp3) is 0.875. The minimum absolute atomic E-state index is 0.00662. The highest BCUT2D eigenvalue weighted by atomic mass is 32.2. The summed E-state index contributed by atoms with van der Waals surface area (Å²) >= 11 is 1.74. The van der Waals surface area contributed by atoms with Gasteiger partial charge in [0.25, 0.3) is 0 Å². The topological polar surface area (TPSA) is 90.2 Å². The highest BCUT2D eigenvalue weighted by molar-refractivity contribution is 7.99. The first-order valence-corrected chi connectivity index (χ1v) is 13.2. The third-order valence-electron chi connectivity index (χ3n) is 9.38. The molecule has 8 atom stereocenters. The van der Waals surface area contributed by atoms with E-state index in [1.54, 1.807) is 11.8 Å². The number of ketones is 1. The molecule has 0 heterocycles. The monoisotopic (exact) mass is 488 g/mol. The van der Waals surface area contributed by atoms with Crippen LogP contribution >= 0.6 is 11.8 Å². The van der Waals surface area contributed by atoms with E-state index in [9.17, 15) is 27.9 Å². The molecule has 5 nitrogen and oxygen atoms in total. The molecular formula is C24H35F3N2O3S. The van der Waals surface area contributed by atoms with E-state index in [2.05, 4.69) is 6.92 Å². The van der Waals surface area contributed by atoms with Gasteiger partial charge in [-0.2, -0.15) is 24.9 Å². The van der Waals surface area contributed by atoms with Crippen molar-refractivity contribution < 1.29 is 27.9 Å². The number of thioether (sulfide) groups is 1. The number of halogens is 3. The number of Topliss-reactive ketones (excluding diaryl/α,β-unsaturated/α-hetero) is 1. The summed E-state index contributed by atoms with van der Waals surface area (Å²) in [5.74, 6) is -0.265. The van der Waals surface area contributed by atoms with E-state index in [4.69, 9.17) is 5.41 Å². The molecule has 2 unspecified atom stereocenters. The molecule has 4 rings (SSSR count). The van der Waals surface area contributed by atoms with Crippen LogP contribution in [0.2, 0.25) is 0 Å². The van der Waals surface area contributed by atoms with E-state index >= 15 is 0 Å². The zero-order chi connectivity index (χ0) is 24.2. The molecule has 3 N–H and O–H groups in total. The van der Waals surface area contributed by atoms with Crippen molar-refractivity contribution in [3.63, 3.8) is 0 Å². The van der Waals surface area contributed by atoms with Gasteiger partial charge in [-0.05, 0) is 73.9 Å². The molecule has 0 aromatic carbocycles. The number of hydrogen-bond donors (Lipinski definition) is 3. The van der Waals surface area contributed by atoms with Crippen molar-refractivity contribution in [2.75, 3.05) is 12.3 Å². The summed E-state index contributed by atoms with van der Waals surface area (Å²) in [6.45, 7) is 4.34. The lowest BCUT2D eigenvalue weighted by Gasteiger charge is -2.61. The lowest BCUT2D eigenvalue weighted by Crippen LogP contribution is -2.58. The van der Waals surface area contributed by atoms with Crippen molar-refractivity contribution in [1.29, 1.82) is 5.41 Å². The lowest BCUT2D eigenvalue weighted by molar-refractivity contribution is -0.173. The molecule has 0 bridgehead atoms. The Bertz CT molecular complexity index is 821. The van der Waals surface area contributed by atoms with Crippen LogP contribution in [-0.2, 0) is 9.59 Å². The molecule has 1 amide bonds. The van der Waals surface area contributed by atoms with Crippen molar-refractivity contribution in [3.8, 4) is 0 Å². The second kappa shape index (κ2) is 8.85. The maximum Gasteiger partial charge on any atom is 0.471 e. The van der Waals surface area contributed by atoms with Gasteiger partial charge in [0.1, 0.15) is 5.78 Å². The summed E-state index contributed by atoms with van der Waals surface area (Å²) in [7, 11) is 0. The molecule has 0 saturated heterocycles. The van der Waals surface area contributed by atoms with Gasteiger partial charge in [0.2, 0.25) is 0 Å². The maximum absolute atomic E-state index is 12.7. The molecule has 4 aliphatic rings. The number of hydrogen-bond acceptors (Lipinski definition) is 5. The van der Waals surface area contributed by atoms with Crippen molar-refractivity contribution in [2.45, 2.75) is 82.7 Å². The summed E-state index contributed by atoms with van der Waals surface area (Å²) in [4.78, 5) is 23.5. The van der Waals surface area contributed by atoms with E-state index in [1.165, 1.54) is 0 Å². The molecular weight excluding hydrogens is 453 g/mol. The summed E-state index contributed by atoms with van der Waals surface area (Å²) in [6.07, 6.45) is 0.808. The summed E-state index contributed by atoms with van der Waals surface area (Å²) in [5, 5.41) is 22.0. The largest absolute Gasteiger partial charge is 0.471 e. The highest BCUT2D eigenvalue weighted by Gasteiger charge is 2.63. The summed E-state index contributed by atoms with van der Waals surface area (Å²) < 4.78 is 36.8. The Morgan fingerprint density at radius 1 is 1.21 bits per heavy atom. The Kier molecular flexibility index (Phi) is 6.71. The fourth-order valence-electron chi connectivity index (χ4n) is 7.69. The number of carbonyl (C=O) groups is 2. The van der Waals surface area contributed by atoms with Gasteiger partial charge in [-0.3, -0.25) is 9.59 Å². The number of fused-ring (bicyclic) bond motifs is 5. The van der Waals surface area contributed by atoms with Gasteiger partial charge in [-0.1, -0.05) is 13.8 Å². The number of aliphatic hydroxyl groups is 1. The smallest absolute Gasteiger partial charge is 0.393 e. The number of rotatable bonds is 5. The molecule has 0 radical (unpaired) electrons. The fourth-order valence-corrected chi connectivity index (χ4v) is 8.97. The quantitative estimate of drug-likeness (QED) is 0.502. The van der Waals surface area contributed by atoms with Gasteiger partial charge in [-0.25, -0.2) is 0 Å². The van der Waals surface area contributed by atoms with Crippen LogP contribution in [0.1, 0.15) is 65.2 Å². The van der Waals surface area contributed by atoms with Gasteiger partial charge in [0.05, 0.1) is 6.10 Å². The predicted octanol–water partition coefficient (Wildman–Crippen LogP) is 4.37. The van der Waals surface area contributed by atoms with Crippen LogP contribution < -0.4 is 5.32 Å². The van der Waals surface area contributed by atoms with E-state index in [-0.39, 0.29) is 41.9 Å². The van der Waals surface area contributed by atoms with Crippen LogP contribution in [0.15, 0.2) is 0 Å². The molecule has 0 aromatic heterocycles. The third-order valence-corrected chi connectivity index (χ3v) is 10.8. The predicted molar refractivity (Wildman–Crippen MR) is 121 cm³/mol. The van der Waals surface area contributed by atoms with Crippen LogP contribution in [0.4, 0.5) is 13.2 Å². The number of alkyl halides is 3. The Balaban J connectivity index is 1.34. The zero-order valence-electron chi connectivity index (χ0n) is 19.3. The first-order valence-electron chi connectivity index (χ1n) is 12.1. The third kappa shape index (κ3) is 4.37. The van der Waals surface area contributed by atoms with Crippen molar-refractivity contribution in [3.05, 3.63) is 0 Å². The van der Waals surface area contributed by atoms with Crippen LogP contribution in [0.3, 0.4) is 0 Å². The molecule has 33 heavy (non-hydrogen) atoms. The SMILES string of the molecule is C[C@]12CCC(SCCCNC(=O)C(F)(F)F)C[C@@H]1C(O)C[C@@H]1[C@@H]2CC[C@]2(C)C(=O)CC(=N)[C@@H]12. The molecule has 0 aliphatic heterocycles. The first-order chi connectivity index (χ1) is 15.4. The molecule has 186 valence electrons. The molecule has 4 saturated carbocycles. The minimum Gasteiger partial charge on any atom is -0.393 e. The van der Waals surface area contributed by atoms with E-state index in [0.717, 1.165) is 32.1 Å². The number of amides is 1. The Morgan fingerprint density at radius 3 is 2.64 bits per heavy atom. The van der Waals surface area contributed by atoms with Crippen LogP contribution in [0, 0.1) is 39.9 Å². The van der Waals surface area contributed by atoms with Crippen LogP contribution in [0.5, 0.6) is 0 Å². The highest BCUT2D eigenvalue weighted by Crippen LogP contribution is 2.65.